The summed E-state index contributed by atoms with van der Waals surface area (Å²) in [7, 11) is 0. The van der Waals surface area contributed by atoms with E-state index in [1.54, 1.807) is 32.2 Å². The summed E-state index contributed by atoms with van der Waals surface area (Å²) in [6.07, 6.45) is 3.97. The molecule has 1 aliphatic carbocycles. The van der Waals surface area contributed by atoms with Gasteiger partial charge in [0.1, 0.15) is 22.6 Å². The highest BCUT2D eigenvalue weighted by atomic mass is 19.1. The third kappa shape index (κ3) is 3.39. The van der Waals surface area contributed by atoms with Crippen LogP contribution in [0.3, 0.4) is 0 Å². The number of benzene rings is 1. The molecule has 0 unspecified atom stereocenters. The summed E-state index contributed by atoms with van der Waals surface area (Å²) in [5.74, 6) is 0.447. The number of pyridine rings is 1. The van der Waals surface area contributed by atoms with E-state index in [1.807, 2.05) is 0 Å². The van der Waals surface area contributed by atoms with Gasteiger partial charge < -0.3 is 14.5 Å². The first-order valence-electron chi connectivity index (χ1n) is 9.15. The van der Waals surface area contributed by atoms with Gasteiger partial charge in [0.2, 0.25) is 0 Å². The van der Waals surface area contributed by atoms with Crippen molar-refractivity contribution >= 4 is 17.0 Å². The normalized spacial score (nSPS) is 13.7. The second-order valence-corrected chi connectivity index (χ2v) is 6.82. The number of esters is 1. The Bertz CT molecular complexity index is 1010. The van der Waals surface area contributed by atoms with Crippen LogP contribution in [0.1, 0.15) is 35.8 Å². The van der Waals surface area contributed by atoms with Crippen molar-refractivity contribution in [3.05, 3.63) is 47.5 Å². The van der Waals surface area contributed by atoms with Crippen LogP contribution in [0.15, 0.2) is 30.5 Å². The number of rotatable bonds is 6. The van der Waals surface area contributed by atoms with Crippen LogP contribution >= 0.6 is 0 Å². The molecule has 0 radical (unpaired) electrons. The van der Waals surface area contributed by atoms with E-state index in [0.29, 0.717) is 46.1 Å². The maximum atomic E-state index is 14.0. The summed E-state index contributed by atoms with van der Waals surface area (Å²) in [5.41, 5.74) is 3.63. The molecule has 0 amide bonds. The van der Waals surface area contributed by atoms with Crippen molar-refractivity contribution in [1.82, 2.24) is 9.97 Å². The number of hydrogen-bond acceptors (Lipinski definition) is 4. The number of aryl methyl sites for hydroxylation is 1. The lowest BCUT2D eigenvalue weighted by molar-refractivity contribution is 0.0527. The smallest absolute Gasteiger partial charge is 0.342 e. The number of carbonyl (C=O) groups is 1. The predicted molar refractivity (Wildman–Crippen MR) is 100 cm³/mol. The highest BCUT2D eigenvalue weighted by Crippen LogP contribution is 2.37. The molecule has 1 aromatic carbocycles. The Morgan fingerprint density at radius 1 is 1.30 bits per heavy atom. The molecule has 2 aromatic heterocycles. The number of carbonyl (C=O) groups excluding carboxylic acids is 1. The fourth-order valence-electron chi connectivity index (χ4n) is 3.21. The van der Waals surface area contributed by atoms with Crippen LogP contribution in [-0.4, -0.2) is 29.2 Å². The zero-order valence-electron chi connectivity index (χ0n) is 15.3. The summed E-state index contributed by atoms with van der Waals surface area (Å²) in [4.78, 5) is 19.9. The largest absolute Gasteiger partial charge is 0.493 e. The average molecular weight is 368 g/mol. The Kier molecular flexibility index (Phi) is 4.56. The zero-order chi connectivity index (χ0) is 19.0. The maximum Gasteiger partial charge on any atom is 0.342 e. The molecule has 1 saturated carbocycles. The first-order valence-corrected chi connectivity index (χ1v) is 9.15. The van der Waals surface area contributed by atoms with Crippen molar-refractivity contribution in [2.75, 3.05) is 13.2 Å². The number of ether oxygens (including phenoxy) is 2. The molecule has 1 aliphatic rings. The Morgan fingerprint density at radius 2 is 2.11 bits per heavy atom. The van der Waals surface area contributed by atoms with Gasteiger partial charge >= 0.3 is 5.97 Å². The number of halogens is 1. The molecule has 6 heteroatoms. The van der Waals surface area contributed by atoms with Crippen LogP contribution < -0.4 is 4.74 Å². The molecule has 3 aromatic rings. The minimum atomic E-state index is -0.421. The van der Waals surface area contributed by atoms with E-state index in [2.05, 4.69) is 9.97 Å². The number of H-pyrrole nitrogens is 1. The number of fused-ring (bicyclic) bond motifs is 1. The van der Waals surface area contributed by atoms with Gasteiger partial charge in [-0.15, -0.1) is 0 Å². The molecule has 0 bridgehead atoms. The van der Waals surface area contributed by atoms with Crippen molar-refractivity contribution in [3.8, 4) is 16.9 Å². The van der Waals surface area contributed by atoms with Crippen LogP contribution in [0.2, 0.25) is 0 Å². The second kappa shape index (κ2) is 7.02. The van der Waals surface area contributed by atoms with Crippen LogP contribution in [-0.2, 0) is 4.74 Å². The molecule has 0 atom stereocenters. The Balaban J connectivity index is 1.83. The molecule has 4 rings (SSSR count). The molecule has 5 nitrogen and oxygen atoms in total. The average Bonchev–Trinajstić information content (AvgIpc) is 3.40. The van der Waals surface area contributed by atoms with Crippen molar-refractivity contribution in [2.45, 2.75) is 26.7 Å². The lowest BCUT2D eigenvalue weighted by atomic mass is 10.0. The van der Waals surface area contributed by atoms with Gasteiger partial charge in [-0.2, -0.15) is 0 Å². The van der Waals surface area contributed by atoms with E-state index in [0.717, 1.165) is 5.56 Å². The SMILES string of the molecule is CCOC(=O)c1c(C)[nH]c2c(-c3cc(F)ccc3OCC3CC3)ccnc12. The van der Waals surface area contributed by atoms with Crippen LogP contribution in [0.5, 0.6) is 5.75 Å². The number of aromatic nitrogens is 2. The van der Waals surface area contributed by atoms with Crippen LogP contribution in [0.4, 0.5) is 4.39 Å². The van der Waals surface area contributed by atoms with E-state index in [1.165, 1.54) is 25.0 Å². The maximum absolute atomic E-state index is 14.0. The first-order chi connectivity index (χ1) is 13.1. The topological polar surface area (TPSA) is 64.2 Å². The molecule has 1 fully saturated rings. The summed E-state index contributed by atoms with van der Waals surface area (Å²) in [6, 6.07) is 6.30. The molecule has 1 N–H and O–H groups in total. The Labute approximate surface area is 156 Å². The third-order valence-electron chi connectivity index (χ3n) is 4.76. The number of aromatic amines is 1. The minimum Gasteiger partial charge on any atom is -0.493 e. The lowest BCUT2D eigenvalue weighted by Crippen LogP contribution is -2.06. The fraction of sp³-hybridized carbons (Fsp3) is 0.333. The first kappa shape index (κ1) is 17.5. The number of hydrogen-bond donors (Lipinski definition) is 1. The molecule has 0 aliphatic heterocycles. The van der Waals surface area contributed by atoms with Gasteiger partial charge in [-0.25, -0.2) is 9.18 Å². The van der Waals surface area contributed by atoms with Crippen LogP contribution in [0.25, 0.3) is 22.2 Å². The van der Waals surface area contributed by atoms with Crippen molar-refractivity contribution in [3.63, 3.8) is 0 Å². The molecule has 0 saturated heterocycles. The Morgan fingerprint density at radius 3 is 2.85 bits per heavy atom. The molecule has 0 spiro atoms. The number of nitrogens with zero attached hydrogens (tertiary/aromatic N) is 1. The van der Waals surface area contributed by atoms with E-state index < -0.39 is 5.97 Å². The standard InChI is InChI=1S/C21H21FN2O3/c1-3-26-21(25)18-12(2)24-19-15(8-9-23-20(18)19)16-10-14(22)6-7-17(16)27-11-13-4-5-13/h6-10,13,24H,3-5,11H2,1-2H3. The summed E-state index contributed by atoms with van der Waals surface area (Å²) in [6.45, 7) is 4.48. The number of nitrogens with one attached hydrogen (secondary N) is 1. The van der Waals surface area contributed by atoms with Gasteiger partial charge in [-0.1, -0.05) is 0 Å². The third-order valence-corrected chi connectivity index (χ3v) is 4.76. The summed E-state index contributed by atoms with van der Waals surface area (Å²) >= 11 is 0. The molecule has 140 valence electrons. The molecular formula is C21H21FN2O3. The van der Waals surface area contributed by atoms with Crippen molar-refractivity contribution in [2.24, 2.45) is 5.92 Å². The minimum absolute atomic E-state index is 0.285. The highest BCUT2D eigenvalue weighted by molar-refractivity contribution is 6.07. The van der Waals surface area contributed by atoms with E-state index in [-0.39, 0.29) is 12.4 Å². The van der Waals surface area contributed by atoms with E-state index in [4.69, 9.17) is 9.47 Å². The van der Waals surface area contributed by atoms with Crippen molar-refractivity contribution in [1.29, 1.82) is 0 Å². The lowest BCUT2D eigenvalue weighted by Gasteiger charge is -2.12. The van der Waals surface area contributed by atoms with Gasteiger partial charge in [0.15, 0.2) is 0 Å². The van der Waals surface area contributed by atoms with Gasteiger partial charge in [0.05, 0.1) is 18.7 Å². The fourth-order valence-corrected chi connectivity index (χ4v) is 3.21. The molecular weight excluding hydrogens is 347 g/mol. The Hall–Kier alpha value is -2.89. The summed E-state index contributed by atoms with van der Waals surface area (Å²) in [5, 5.41) is 0. The highest BCUT2D eigenvalue weighted by Gasteiger charge is 2.24. The van der Waals surface area contributed by atoms with Gasteiger partial charge in [0.25, 0.3) is 0 Å². The monoisotopic (exact) mass is 368 g/mol. The quantitative estimate of drug-likeness (QED) is 0.644. The molecule has 2 heterocycles. The predicted octanol–water partition coefficient (Wildman–Crippen LogP) is 4.64. The second-order valence-electron chi connectivity index (χ2n) is 6.82. The van der Waals surface area contributed by atoms with Gasteiger partial charge in [-0.05, 0) is 56.9 Å². The van der Waals surface area contributed by atoms with Crippen LogP contribution in [0, 0.1) is 18.7 Å². The zero-order valence-corrected chi connectivity index (χ0v) is 15.3. The summed E-state index contributed by atoms with van der Waals surface area (Å²) < 4.78 is 25.1. The van der Waals surface area contributed by atoms with Gasteiger partial charge in [-0.3, -0.25) is 4.98 Å². The van der Waals surface area contributed by atoms with E-state index in [9.17, 15) is 9.18 Å². The van der Waals surface area contributed by atoms with Crippen molar-refractivity contribution < 1.29 is 18.7 Å². The molecule has 27 heavy (non-hydrogen) atoms. The van der Waals surface area contributed by atoms with Gasteiger partial charge in [0, 0.05) is 23.0 Å². The van der Waals surface area contributed by atoms with E-state index >= 15 is 0 Å².